The van der Waals surface area contributed by atoms with E-state index in [0.29, 0.717) is 12.8 Å². The Bertz CT molecular complexity index is 419. The predicted octanol–water partition coefficient (Wildman–Crippen LogP) is 1.05. The first-order valence-electron chi connectivity index (χ1n) is 5.33. The van der Waals surface area contributed by atoms with Crippen molar-refractivity contribution in [2.24, 2.45) is 0 Å². The second kappa shape index (κ2) is 4.31. The van der Waals surface area contributed by atoms with Crippen molar-refractivity contribution in [2.45, 2.75) is 31.4 Å². The molecule has 1 aliphatic carbocycles. The van der Waals surface area contributed by atoms with Crippen LogP contribution in [0.3, 0.4) is 0 Å². The summed E-state index contributed by atoms with van der Waals surface area (Å²) in [5, 5.41) is 17.7. The minimum Gasteiger partial charge on any atom is -0.423 e. The van der Waals surface area contributed by atoms with E-state index >= 15 is 0 Å². The zero-order valence-corrected chi connectivity index (χ0v) is 8.91. The molecule has 2 N–H and O–H groups in total. The molecular weight excluding hydrogens is 234 g/mol. The molecule has 0 saturated heterocycles. The maximum atomic E-state index is 12.8. The summed E-state index contributed by atoms with van der Waals surface area (Å²) in [7, 11) is -1.93. The molecule has 17 heavy (non-hydrogen) atoms. The number of nitrogens with zero attached hydrogens (tertiary/aromatic N) is 1. The number of halogens is 3. The highest BCUT2D eigenvalue weighted by molar-refractivity contribution is 6.58. The van der Waals surface area contributed by atoms with E-state index in [4.69, 9.17) is 10.0 Å². The van der Waals surface area contributed by atoms with Gasteiger partial charge in [0.05, 0.1) is 11.3 Å². The molecule has 0 aliphatic heterocycles. The Morgan fingerprint density at radius 3 is 2.35 bits per heavy atom. The van der Waals surface area contributed by atoms with Crippen molar-refractivity contribution in [1.29, 1.82) is 0 Å². The molecule has 0 aromatic carbocycles. The first-order valence-corrected chi connectivity index (χ1v) is 5.33. The van der Waals surface area contributed by atoms with E-state index in [9.17, 15) is 13.2 Å². The first kappa shape index (κ1) is 12.4. The summed E-state index contributed by atoms with van der Waals surface area (Å²) in [5.41, 5.74) is -1.07. The van der Waals surface area contributed by atoms with E-state index in [1.165, 1.54) is 0 Å². The van der Waals surface area contributed by atoms with E-state index in [-0.39, 0.29) is 17.1 Å². The second-order valence-corrected chi connectivity index (χ2v) is 4.20. The summed E-state index contributed by atoms with van der Waals surface area (Å²) in [6.45, 7) is 0. The van der Waals surface area contributed by atoms with E-state index in [1.54, 1.807) is 0 Å². The first-order chi connectivity index (χ1) is 7.89. The summed E-state index contributed by atoms with van der Waals surface area (Å²) < 4.78 is 38.4. The van der Waals surface area contributed by atoms with Gasteiger partial charge in [-0.1, -0.05) is 6.42 Å². The number of hydrogen-bond acceptors (Lipinski definition) is 3. The lowest BCUT2D eigenvalue weighted by Gasteiger charge is -2.27. The SMILES string of the molecule is OB(O)c1cnc(C2CCC2)c(C(F)(F)F)c1. The van der Waals surface area contributed by atoms with E-state index in [1.807, 2.05) is 0 Å². The average Bonchev–Trinajstić information content (AvgIpc) is 2.13. The molecule has 1 fully saturated rings. The summed E-state index contributed by atoms with van der Waals surface area (Å²) >= 11 is 0. The second-order valence-electron chi connectivity index (χ2n) is 4.20. The largest absolute Gasteiger partial charge is 0.490 e. The van der Waals surface area contributed by atoms with Gasteiger partial charge >= 0.3 is 13.3 Å². The average molecular weight is 245 g/mol. The van der Waals surface area contributed by atoms with Gasteiger partial charge in [0.15, 0.2) is 0 Å². The van der Waals surface area contributed by atoms with Crippen LogP contribution in [0, 0.1) is 0 Å². The van der Waals surface area contributed by atoms with E-state index in [2.05, 4.69) is 4.98 Å². The third-order valence-electron chi connectivity index (χ3n) is 3.04. The van der Waals surface area contributed by atoms with Gasteiger partial charge < -0.3 is 10.0 Å². The molecule has 0 amide bonds. The van der Waals surface area contributed by atoms with Gasteiger partial charge in [0.25, 0.3) is 0 Å². The number of alkyl halides is 3. The fraction of sp³-hybridized carbons (Fsp3) is 0.500. The van der Waals surface area contributed by atoms with Crippen LogP contribution in [-0.4, -0.2) is 22.2 Å². The summed E-state index contributed by atoms with van der Waals surface area (Å²) in [6, 6.07) is 0.769. The minimum absolute atomic E-state index is 0.0214. The fourth-order valence-corrected chi connectivity index (χ4v) is 1.87. The Morgan fingerprint density at radius 2 is 1.94 bits per heavy atom. The molecule has 1 aliphatic rings. The third-order valence-corrected chi connectivity index (χ3v) is 3.04. The molecule has 1 heterocycles. The molecule has 0 unspecified atom stereocenters. The zero-order valence-electron chi connectivity index (χ0n) is 8.91. The maximum absolute atomic E-state index is 12.8. The summed E-state index contributed by atoms with van der Waals surface area (Å²) in [4.78, 5) is 3.75. The van der Waals surface area contributed by atoms with Crippen molar-refractivity contribution in [3.63, 3.8) is 0 Å². The maximum Gasteiger partial charge on any atom is 0.490 e. The molecule has 1 aromatic rings. The van der Waals surface area contributed by atoms with E-state index < -0.39 is 18.9 Å². The van der Waals surface area contributed by atoms with Crippen molar-refractivity contribution >= 4 is 12.6 Å². The van der Waals surface area contributed by atoms with Gasteiger partial charge in [-0.05, 0) is 18.9 Å². The van der Waals surface area contributed by atoms with Gasteiger partial charge in [0.2, 0.25) is 0 Å². The topological polar surface area (TPSA) is 53.4 Å². The van der Waals surface area contributed by atoms with Crippen molar-refractivity contribution < 1.29 is 23.2 Å². The highest BCUT2D eigenvalue weighted by Gasteiger charge is 2.38. The van der Waals surface area contributed by atoms with Crippen LogP contribution in [-0.2, 0) is 6.18 Å². The molecule has 1 saturated carbocycles. The van der Waals surface area contributed by atoms with Crippen LogP contribution in [0.15, 0.2) is 12.3 Å². The molecule has 0 radical (unpaired) electrons. The molecule has 7 heteroatoms. The molecule has 92 valence electrons. The lowest BCUT2D eigenvalue weighted by Crippen LogP contribution is -2.33. The Balaban J connectivity index is 2.44. The zero-order chi connectivity index (χ0) is 12.6. The van der Waals surface area contributed by atoms with Crippen LogP contribution in [0.25, 0.3) is 0 Å². The van der Waals surface area contributed by atoms with Crippen LogP contribution >= 0.6 is 0 Å². The lowest BCUT2D eigenvalue weighted by atomic mass is 9.77. The molecular formula is C10H11BF3NO2. The summed E-state index contributed by atoms with van der Waals surface area (Å²) in [6.07, 6.45) is -1.10. The highest BCUT2D eigenvalue weighted by atomic mass is 19.4. The van der Waals surface area contributed by atoms with Gasteiger partial charge in [0.1, 0.15) is 0 Å². The van der Waals surface area contributed by atoms with Gasteiger partial charge in [-0.25, -0.2) is 0 Å². The summed E-state index contributed by atoms with van der Waals surface area (Å²) in [5.74, 6) is -0.156. The number of aromatic nitrogens is 1. The number of pyridine rings is 1. The van der Waals surface area contributed by atoms with Crippen LogP contribution in [0.1, 0.15) is 36.4 Å². The number of hydrogen-bond donors (Lipinski definition) is 2. The fourth-order valence-electron chi connectivity index (χ4n) is 1.87. The van der Waals surface area contributed by atoms with Gasteiger partial charge in [0, 0.05) is 17.6 Å². The normalized spacial score (nSPS) is 16.8. The van der Waals surface area contributed by atoms with Crippen LogP contribution in [0.4, 0.5) is 13.2 Å². The number of rotatable bonds is 2. The Labute approximate surface area is 96.4 Å². The monoisotopic (exact) mass is 245 g/mol. The molecule has 0 atom stereocenters. The van der Waals surface area contributed by atoms with Crippen molar-refractivity contribution in [3.05, 3.63) is 23.5 Å². The molecule has 0 bridgehead atoms. The van der Waals surface area contributed by atoms with Gasteiger partial charge in [-0.2, -0.15) is 13.2 Å². The van der Waals surface area contributed by atoms with Gasteiger partial charge in [-0.3, -0.25) is 4.98 Å². The van der Waals surface area contributed by atoms with Crippen LogP contribution < -0.4 is 5.46 Å². The smallest absolute Gasteiger partial charge is 0.423 e. The molecule has 3 nitrogen and oxygen atoms in total. The minimum atomic E-state index is -4.51. The van der Waals surface area contributed by atoms with Gasteiger partial charge in [-0.15, -0.1) is 0 Å². The predicted molar refractivity (Wildman–Crippen MR) is 55.7 cm³/mol. The Hall–Kier alpha value is -1.08. The lowest BCUT2D eigenvalue weighted by molar-refractivity contribution is -0.138. The molecule has 1 aromatic heterocycles. The highest BCUT2D eigenvalue weighted by Crippen LogP contribution is 2.41. The molecule has 0 spiro atoms. The van der Waals surface area contributed by atoms with Crippen molar-refractivity contribution in [1.82, 2.24) is 4.98 Å². The van der Waals surface area contributed by atoms with E-state index in [0.717, 1.165) is 18.7 Å². The molecule has 2 rings (SSSR count). The third kappa shape index (κ3) is 2.45. The Kier molecular flexibility index (Phi) is 3.14. The standard InChI is InChI=1S/C10H11BF3NO2/c12-10(13,14)8-4-7(11(16)17)5-15-9(8)6-2-1-3-6/h4-6,16-17H,1-3H2. The van der Waals surface area contributed by atoms with Crippen LogP contribution in [0.2, 0.25) is 0 Å². The Morgan fingerprint density at radius 1 is 1.29 bits per heavy atom. The van der Waals surface area contributed by atoms with Crippen molar-refractivity contribution in [2.75, 3.05) is 0 Å². The quantitative estimate of drug-likeness (QED) is 0.765. The van der Waals surface area contributed by atoms with Crippen molar-refractivity contribution in [3.8, 4) is 0 Å². The van der Waals surface area contributed by atoms with Crippen LogP contribution in [0.5, 0.6) is 0 Å².